The molecule has 0 saturated carbocycles. The van der Waals surface area contributed by atoms with Gasteiger partial charge in [-0.2, -0.15) is 0 Å². The lowest BCUT2D eigenvalue weighted by Gasteiger charge is -2.33. The van der Waals surface area contributed by atoms with Crippen molar-refractivity contribution in [3.05, 3.63) is 24.3 Å². The van der Waals surface area contributed by atoms with Gasteiger partial charge in [-0.25, -0.2) is 0 Å². The summed E-state index contributed by atoms with van der Waals surface area (Å²) in [6.07, 6.45) is 2.91. The maximum absolute atomic E-state index is 12.5. The second-order valence-corrected chi connectivity index (χ2v) is 6.18. The van der Waals surface area contributed by atoms with E-state index in [1.807, 2.05) is 31.2 Å². The molecule has 1 saturated heterocycles. The molecule has 1 heterocycles. The fraction of sp³-hybridized carbons (Fsp3) is 0.556. The smallest absolute Gasteiger partial charge is 0.239 e. The van der Waals surface area contributed by atoms with Crippen molar-refractivity contribution in [3.63, 3.8) is 0 Å². The van der Waals surface area contributed by atoms with E-state index in [1.165, 1.54) is 0 Å². The Hall–Kier alpha value is -1.79. The highest BCUT2D eigenvalue weighted by atomic mass is 35.5. The third-order valence-corrected chi connectivity index (χ3v) is 4.46. The number of anilines is 1. The van der Waals surface area contributed by atoms with Crippen LogP contribution in [0.3, 0.4) is 0 Å². The lowest BCUT2D eigenvalue weighted by Crippen LogP contribution is -2.48. The van der Waals surface area contributed by atoms with Gasteiger partial charge in [0.2, 0.25) is 11.8 Å². The predicted octanol–water partition coefficient (Wildman–Crippen LogP) is 2.42. The Balaban J connectivity index is 0.00000312. The lowest BCUT2D eigenvalue weighted by atomic mass is 9.95. The summed E-state index contributed by atoms with van der Waals surface area (Å²) in [6, 6.07) is 6.92. The minimum Gasteiger partial charge on any atom is -0.495 e. The van der Waals surface area contributed by atoms with Crippen molar-refractivity contribution in [2.24, 2.45) is 11.7 Å². The monoisotopic (exact) mass is 369 g/mol. The van der Waals surface area contributed by atoms with Crippen molar-refractivity contribution in [3.8, 4) is 5.75 Å². The molecule has 25 heavy (non-hydrogen) atoms. The zero-order chi connectivity index (χ0) is 17.5. The highest BCUT2D eigenvalue weighted by molar-refractivity contribution is 5.94. The first-order valence-corrected chi connectivity index (χ1v) is 8.55. The fourth-order valence-corrected chi connectivity index (χ4v) is 3.01. The molecule has 0 aliphatic carbocycles. The van der Waals surface area contributed by atoms with Gasteiger partial charge in [-0.05, 0) is 31.4 Å². The molecule has 0 radical (unpaired) electrons. The summed E-state index contributed by atoms with van der Waals surface area (Å²) < 4.78 is 5.25. The number of methoxy groups -OCH3 is 1. The number of hydrogen-bond donors (Lipinski definition) is 2. The van der Waals surface area contributed by atoms with Gasteiger partial charge in [-0.1, -0.05) is 25.5 Å². The summed E-state index contributed by atoms with van der Waals surface area (Å²) >= 11 is 0. The molecule has 1 unspecified atom stereocenters. The van der Waals surface area contributed by atoms with Crippen LogP contribution in [0.1, 0.15) is 32.6 Å². The highest BCUT2D eigenvalue weighted by Gasteiger charge is 2.29. The number of amides is 2. The summed E-state index contributed by atoms with van der Waals surface area (Å²) in [5.74, 6) is 0.523. The number of nitrogens with two attached hydrogens (primary N) is 1. The molecule has 140 valence electrons. The first kappa shape index (κ1) is 21.3. The van der Waals surface area contributed by atoms with E-state index >= 15 is 0 Å². The van der Waals surface area contributed by atoms with Crippen LogP contribution in [-0.2, 0) is 9.59 Å². The summed E-state index contributed by atoms with van der Waals surface area (Å²) in [5, 5.41) is 2.93. The van der Waals surface area contributed by atoms with Crippen LogP contribution in [-0.4, -0.2) is 43.0 Å². The number of piperidine rings is 1. The molecule has 0 spiro atoms. The lowest BCUT2D eigenvalue weighted by molar-refractivity contribution is -0.135. The summed E-state index contributed by atoms with van der Waals surface area (Å²) in [4.78, 5) is 26.5. The van der Waals surface area contributed by atoms with Crippen molar-refractivity contribution in [2.75, 3.05) is 25.5 Å². The number of para-hydroxylation sites is 2. The fourth-order valence-electron chi connectivity index (χ4n) is 3.01. The third kappa shape index (κ3) is 5.61. The molecule has 1 aromatic carbocycles. The second kappa shape index (κ2) is 10.3. The van der Waals surface area contributed by atoms with Crippen LogP contribution in [0.25, 0.3) is 0 Å². The topological polar surface area (TPSA) is 84.7 Å². The molecule has 0 bridgehead atoms. The number of carbonyl (C=O) groups excluding carboxylic acids is 2. The molecule has 3 N–H and O–H groups in total. The van der Waals surface area contributed by atoms with Crippen LogP contribution in [0.2, 0.25) is 0 Å². The van der Waals surface area contributed by atoms with Gasteiger partial charge in [-0.3, -0.25) is 9.59 Å². The average molecular weight is 370 g/mol. The van der Waals surface area contributed by atoms with E-state index in [0.717, 1.165) is 6.42 Å². The number of benzene rings is 1. The molecule has 1 aromatic rings. The first-order valence-electron chi connectivity index (χ1n) is 8.55. The normalized spacial score (nSPS) is 15.9. The van der Waals surface area contributed by atoms with E-state index in [-0.39, 0.29) is 30.1 Å². The van der Waals surface area contributed by atoms with E-state index < -0.39 is 6.04 Å². The highest BCUT2D eigenvalue weighted by Crippen LogP contribution is 2.26. The van der Waals surface area contributed by atoms with Crippen LogP contribution < -0.4 is 15.8 Å². The minimum absolute atomic E-state index is 0. The molecule has 2 amide bonds. The van der Waals surface area contributed by atoms with Crippen LogP contribution >= 0.6 is 12.4 Å². The molecule has 1 atom stereocenters. The van der Waals surface area contributed by atoms with Crippen LogP contribution in [0.15, 0.2) is 24.3 Å². The molecule has 2 rings (SSSR count). The van der Waals surface area contributed by atoms with E-state index in [9.17, 15) is 9.59 Å². The molecule has 7 heteroatoms. The van der Waals surface area contributed by atoms with Gasteiger partial charge in [-0.15, -0.1) is 12.4 Å². The summed E-state index contributed by atoms with van der Waals surface area (Å²) in [7, 11) is 1.58. The average Bonchev–Trinajstić information content (AvgIpc) is 2.61. The van der Waals surface area contributed by atoms with Crippen LogP contribution in [0.4, 0.5) is 5.69 Å². The number of hydrogen-bond acceptors (Lipinski definition) is 4. The van der Waals surface area contributed by atoms with Gasteiger partial charge in [0, 0.05) is 19.0 Å². The van der Waals surface area contributed by atoms with Crippen molar-refractivity contribution >= 4 is 29.9 Å². The van der Waals surface area contributed by atoms with Crippen molar-refractivity contribution in [1.82, 2.24) is 4.90 Å². The minimum atomic E-state index is -0.422. The quantitative estimate of drug-likeness (QED) is 0.806. The molecular weight excluding hydrogens is 342 g/mol. The van der Waals surface area contributed by atoms with Crippen molar-refractivity contribution < 1.29 is 14.3 Å². The van der Waals surface area contributed by atoms with Gasteiger partial charge in [0.25, 0.3) is 0 Å². The van der Waals surface area contributed by atoms with Gasteiger partial charge in [0.05, 0.1) is 18.8 Å². The molecule has 1 aliphatic heterocycles. The van der Waals surface area contributed by atoms with Gasteiger partial charge in [0.15, 0.2) is 0 Å². The Bertz CT molecular complexity index is 574. The number of halogens is 1. The summed E-state index contributed by atoms with van der Waals surface area (Å²) in [6.45, 7) is 3.18. The Morgan fingerprint density at radius 3 is 2.56 bits per heavy atom. The maximum Gasteiger partial charge on any atom is 0.239 e. The Labute approximate surface area is 155 Å². The summed E-state index contributed by atoms with van der Waals surface area (Å²) in [5.41, 5.74) is 6.58. The standard InChI is InChI=1S/C18H27N3O3.ClH/c1-3-6-14(19)18(23)21-11-9-13(10-12-21)17(22)20-15-7-4-5-8-16(15)24-2;/h4-5,7-8,13-14H,3,6,9-12,19H2,1-2H3,(H,20,22);1H. The molecular formula is C18H28ClN3O3. The van der Waals surface area contributed by atoms with E-state index in [0.29, 0.717) is 43.8 Å². The number of likely N-dealkylation sites (tertiary alicyclic amines) is 1. The molecule has 1 aliphatic rings. The van der Waals surface area contributed by atoms with Crippen molar-refractivity contribution in [1.29, 1.82) is 0 Å². The zero-order valence-electron chi connectivity index (χ0n) is 14.9. The molecule has 0 aromatic heterocycles. The number of nitrogens with zero attached hydrogens (tertiary/aromatic N) is 1. The van der Waals surface area contributed by atoms with E-state index in [4.69, 9.17) is 10.5 Å². The number of carbonyl (C=O) groups is 2. The zero-order valence-corrected chi connectivity index (χ0v) is 15.7. The van der Waals surface area contributed by atoms with Crippen molar-refractivity contribution in [2.45, 2.75) is 38.6 Å². The van der Waals surface area contributed by atoms with Crippen LogP contribution in [0, 0.1) is 5.92 Å². The Morgan fingerprint density at radius 2 is 1.96 bits per heavy atom. The van der Waals surface area contributed by atoms with E-state index in [1.54, 1.807) is 12.0 Å². The van der Waals surface area contributed by atoms with Gasteiger partial charge < -0.3 is 20.7 Å². The first-order chi connectivity index (χ1) is 11.6. The predicted molar refractivity (Wildman–Crippen MR) is 101 cm³/mol. The largest absolute Gasteiger partial charge is 0.495 e. The SMILES string of the molecule is CCCC(N)C(=O)N1CCC(C(=O)Nc2ccccc2OC)CC1.Cl. The number of rotatable bonds is 6. The maximum atomic E-state index is 12.5. The van der Waals surface area contributed by atoms with Gasteiger partial charge >= 0.3 is 0 Å². The number of ether oxygens (including phenoxy) is 1. The number of nitrogens with one attached hydrogen (secondary N) is 1. The third-order valence-electron chi connectivity index (χ3n) is 4.46. The molecule has 6 nitrogen and oxygen atoms in total. The van der Waals surface area contributed by atoms with Gasteiger partial charge in [0.1, 0.15) is 5.75 Å². The van der Waals surface area contributed by atoms with Crippen LogP contribution in [0.5, 0.6) is 5.75 Å². The molecule has 1 fully saturated rings. The second-order valence-electron chi connectivity index (χ2n) is 6.18. The van der Waals surface area contributed by atoms with E-state index in [2.05, 4.69) is 5.32 Å². The Kier molecular flexibility index (Phi) is 8.72. The Morgan fingerprint density at radius 1 is 1.32 bits per heavy atom.